The molecule has 11 nitrogen and oxygen atoms in total. The fraction of sp³-hybridized carbons (Fsp3) is 0.280. The van der Waals surface area contributed by atoms with Crippen molar-refractivity contribution < 1.29 is 29.4 Å². The Balaban J connectivity index is 1.85. The molecule has 196 valence electrons. The van der Waals surface area contributed by atoms with Gasteiger partial charge in [-0.1, -0.05) is 30.3 Å². The van der Waals surface area contributed by atoms with Gasteiger partial charge in [-0.2, -0.15) is 12.6 Å². The van der Waals surface area contributed by atoms with Crippen LogP contribution in [0, 0.1) is 0 Å². The van der Waals surface area contributed by atoms with Gasteiger partial charge in [0, 0.05) is 35.7 Å². The van der Waals surface area contributed by atoms with E-state index in [1.165, 1.54) is 12.1 Å². The van der Waals surface area contributed by atoms with Gasteiger partial charge in [0.25, 0.3) is 0 Å². The molecule has 0 radical (unpaired) electrons. The first kappa shape index (κ1) is 27.6. The standard InChI is InChI=1S/C25H29N5O6S/c26-11-22(32)28-20(10-15-12-27-18-4-2-1-3-17(15)18)24(34)29-19(9-14-5-7-16(31)8-6-14)23(33)30-21(13-37)25(35)36/h1-8,12,19-21,27,31,37H,9-11,13,26H2,(H,28,32)(H,29,34)(H,30,33)(H,35,36). The summed E-state index contributed by atoms with van der Waals surface area (Å²) in [5.41, 5.74) is 7.69. The van der Waals surface area contributed by atoms with E-state index in [2.05, 4.69) is 33.6 Å². The van der Waals surface area contributed by atoms with Crippen molar-refractivity contribution in [2.45, 2.75) is 31.0 Å². The van der Waals surface area contributed by atoms with Crippen molar-refractivity contribution in [1.29, 1.82) is 0 Å². The maximum Gasteiger partial charge on any atom is 0.327 e. The van der Waals surface area contributed by atoms with Crippen LogP contribution in [0.1, 0.15) is 11.1 Å². The van der Waals surface area contributed by atoms with E-state index in [9.17, 15) is 29.4 Å². The molecular formula is C25H29N5O6S. The van der Waals surface area contributed by atoms with E-state index in [1.807, 2.05) is 24.3 Å². The maximum atomic E-state index is 13.4. The molecule has 8 N–H and O–H groups in total. The van der Waals surface area contributed by atoms with Gasteiger partial charge in [-0.15, -0.1) is 0 Å². The topological polar surface area (TPSA) is 187 Å². The second-order valence-corrected chi connectivity index (χ2v) is 8.77. The molecule has 0 bridgehead atoms. The molecule has 0 saturated carbocycles. The fourth-order valence-corrected chi connectivity index (χ4v) is 4.04. The van der Waals surface area contributed by atoms with Crippen LogP contribution in [0.15, 0.2) is 54.7 Å². The molecule has 3 amide bonds. The molecule has 0 spiro atoms. The number of fused-ring (bicyclic) bond motifs is 1. The van der Waals surface area contributed by atoms with Crippen molar-refractivity contribution in [3.63, 3.8) is 0 Å². The number of H-pyrrole nitrogens is 1. The first-order valence-electron chi connectivity index (χ1n) is 11.5. The normalized spacial score (nSPS) is 13.4. The minimum Gasteiger partial charge on any atom is -0.508 e. The van der Waals surface area contributed by atoms with Gasteiger partial charge in [-0.25, -0.2) is 4.79 Å². The number of nitrogens with one attached hydrogen (secondary N) is 4. The van der Waals surface area contributed by atoms with Gasteiger partial charge in [-0.05, 0) is 29.3 Å². The highest BCUT2D eigenvalue weighted by Gasteiger charge is 2.30. The Labute approximate surface area is 218 Å². The van der Waals surface area contributed by atoms with Crippen LogP contribution in [-0.2, 0) is 32.0 Å². The van der Waals surface area contributed by atoms with E-state index in [0.29, 0.717) is 5.56 Å². The molecule has 0 fully saturated rings. The third-order valence-electron chi connectivity index (χ3n) is 5.74. The summed E-state index contributed by atoms with van der Waals surface area (Å²) in [4.78, 5) is 53.1. The Bertz CT molecular complexity index is 1260. The number of phenolic OH excluding ortho intramolecular Hbond substituents is 1. The summed E-state index contributed by atoms with van der Waals surface area (Å²) >= 11 is 3.97. The van der Waals surface area contributed by atoms with Gasteiger partial charge in [-0.3, -0.25) is 14.4 Å². The number of thiol groups is 1. The molecule has 12 heteroatoms. The van der Waals surface area contributed by atoms with E-state index in [4.69, 9.17) is 5.73 Å². The molecule has 3 atom stereocenters. The summed E-state index contributed by atoms with van der Waals surface area (Å²) in [6.07, 6.45) is 1.86. The van der Waals surface area contributed by atoms with Gasteiger partial charge >= 0.3 is 5.97 Å². The average Bonchev–Trinajstić information content (AvgIpc) is 3.29. The molecule has 1 heterocycles. The number of phenols is 1. The molecule has 3 aromatic rings. The SMILES string of the molecule is NCC(=O)NC(Cc1c[nH]c2ccccc12)C(=O)NC(Cc1ccc(O)cc1)C(=O)NC(CS)C(=O)O. The van der Waals surface area contributed by atoms with Gasteiger partial charge < -0.3 is 36.9 Å². The summed E-state index contributed by atoms with van der Waals surface area (Å²) < 4.78 is 0. The summed E-state index contributed by atoms with van der Waals surface area (Å²) in [6, 6.07) is 9.98. The van der Waals surface area contributed by atoms with E-state index in [1.54, 1.807) is 18.3 Å². The Morgan fingerprint density at radius 1 is 0.892 bits per heavy atom. The van der Waals surface area contributed by atoms with Crippen LogP contribution < -0.4 is 21.7 Å². The molecule has 0 aliphatic carbocycles. The number of carbonyl (C=O) groups excluding carboxylic acids is 3. The van der Waals surface area contributed by atoms with Crippen molar-refractivity contribution in [2.75, 3.05) is 12.3 Å². The lowest BCUT2D eigenvalue weighted by molar-refractivity contribution is -0.141. The number of nitrogens with two attached hydrogens (primary N) is 1. The number of hydrogen-bond acceptors (Lipinski definition) is 7. The molecular weight excluding hydrogens is 498 g/mol. The van der Waals surface area contributed by atoms with E-state index in [0.717, 1.165) is 16.5 Å². The van der Waals surface area contributed by atoms with Crippen LogP contribution in [0.4, 0.5) is 0 Å². The number of hydrogen-bond donors (Lipinski definition) is 8. The van der Waals surface area contributed by atoms with Gasteiger partial charge in [0.15, 0.2) is 0 Å². The van der Waals surface area contributed by atoms with Gasteiger partial charge in [0.2, 0.25) is 17.7 Å². The zero-order valence-electron chi connectivity index (χ0n) is 19.8. The number of aromatic hydroxyl groups is 1. The monoisotopic (exact) mass is 527 g/mol. The quantitative estimate of drug-likeness (QED) is 0.153. The Morgan fingerprint density at radius 3 is 2.14 bits per heavy atom. The molecule has 3 rings (SSSR count). The molecule has 37 heavy (non-hydrogen) atoms. The van der Waals surface area contributed by atoms with E-state index >= 15 is 0 Å². The van der Waals surface area contributed by atoms with Crippen LogP contribution in [-0.4, -0.2) is 69.3 Å². The van der Waals surface area contributed by atoms with E-state index in [-0.39, 0.29) is 30.9 Å². The molecule has 0 aliphatic rings. The van der Waals surface area contributed by atoms with Crippen LogP contribution in [0.2, 0.25) is 0 Å². The summed E-state index contributed by atoms with van der Waals surface area (Å²) in [5.74, 6) is -3.34. The van der Waals surface area contributed by atoms with Gasteiger partial charge in [0.1, 0.15) is 23.9 Å². The van der Waals surface area contributed by atoms with Gasteiger partial charge in [0.05, 0.1) is 6.54 Å². The molecule has 0 aliphatic heterocycles. The highest BCUT2D eigenvalue weighted by atomic mass is 32.1. The third-order valence-corrected chi connectivity index (χ3v) is 6.11. The number of aromatic nitrogens is 1. The summed E-state index contributed by atoms with van der Waals surface area (Å²) in [5, 5.41) is 27.4. The second-order valence-electron chi connectivity index (χ2n) is 8.40. The molecule has 3 unspecified atom stereocenters. The Hall–Kier alpha value is -4.03. The highest BCUT2D eigenvalue weighted by Crippen LogP contribution is 2.19. The van der Waals surface area contributed by atoms with Crippen LogP contribution in [0.3, 0.4) is 0 Å². The van der Waals surface area contributed by atoms with Crippen LogP contribution in [0.5, 0.6) is 5.75 Å². The number of carboxylic acids is 1. The summed E-state index contributed by atoms with van der Waals surface area (Å²) in [6.45, 7) is -0.336. The van der Waals surface area contributed by atoms with Crippen LogP contribution >= 0.6 is 12.6 Å². The van der Waals surface area contributed by atoms with Crippen molar-refractivity contribution in [3.8, 4) is 5.75 Å². The first-order chi connectivity index (χ1) is 17.7. The lowest BCUT2D eigenvalue weighted by Gasteiger charge is -2.24. The number of carboxylic acid groups (broad SMARTS) is 1. The zero-order chi connectivity index (χ0) is 26.9. The molecule has 0 saturated heterocycles. The smallest absolute Gasteiger partial charge is 0.327 e. The second kappa shape index (κ2) is 12.8. The third kappa shape index (κ3) is 7.48. The number of carbonyl (C=O) groups is 4. The predicted octanol–water partition coefficient (Wildman–Crippen LogP) is 0.0862. The number of rotatable bonds is 12. The number of para-hydroxylation sites is 1. The van der Waals surface area contributed by atoms with Crippen molar-refractivity contribution in [1.82, 2.24) is 20.9 Å². The minimum absolute atomic E-state index is 0.00139. The lowest BCUT2D eigenvalue weighted by Crippen LogP contribution is -2.57. The largest absolute Gasteiger partial charge is 0.508 e. The highest BCUT2D eigenvalue weighted by molar-refractivity contribution is 7.80. The Morgan fingerprint density at radius 2 is 1.51 bits per heavy atom. The van der Waals surface area contributed by atoms with Crippen molar-refractivity contribution >= 4 is 47.2 Å². The van der Waals surface area contributed by atoms with Crippen molar-refractivity contribution in [2.24, 2.45) is 5.73 Å². The Kier molecular flexibility index (Phi) is 9.52. The van der Waals surface area contributed by atoms with E-state index < -0.39 is 41.8 Å². The molecule has 2 aromatic carbocycles. The average molecular weight is 528 g/mol. The number of aliphatic carboxylic acids is 1. The number of amides is 3. The van der Waals surface area contributed by atoms with Crippen molar-refractivity contribution in [3.05, 3.63) is 65.9 Å². The lowest BCUT2D eigenvalue weighted by atomic mass is 10.0. The number of benzene rings is 2. The molecule has 1 aromatic heterocycles. The van der Waals surface area contributed by atoms with Crippen LogP contribution in [0.25, 0.3) is 10.9 Å². The predicted molar refractivity (Wildman–Crippen MR) is 140 cm³/mol. The number of aromatic amines is 1. The fourth-order valence-electron chi connectivity index (χ4n) is 3.79. The summed E-state index contributed by atoms with van der Waals surface area (Å²) in [7, 11) is 0. The first-order valence-corrected chi connectivity index (χ1v) is 12.1. The minimum atomic E-state index is -1.27. The zero-order valence-corrected chi connectivity index (χ0v) is 20.7. The maximum absolute atomic E-state index is 13.4.